The second kappa shape index (κ2) is 7.23. The second-order valence-corrected chi connectivity index (χ2v) is 5.46. The molecule has 2 aromatic carbocycles. The molecule has 0 aliphatic heterocycles. The normalized spacial score (nSPS) is 13.9. The van der Waals surface area contributed by atoms with Crippen molar-refractivity contribution < 1.29 is 9.13 Å². The fourth-order valence-corrected chi connectivity index (χ4v) is 2.18. The lowest BCUT2D eigenvalue weighted by Crippen LogP contribution is -2.12. The van der Waals surface area contributed by atoms with Crippen LogP contribution in [0.1, 0.15) is 37.5 Å². The number of hydrogen-bond donors (Lipinski definition) is 1. The molecule has 0 bridgehead atoms. The molecule has 3 heteroatoms. The average molecular weight is 287 g/mol. The van der Waals surface area contributed by atoms with E-state index in [-0.39, 0.29) is 11.9 Å². The summed E-state index contributed by atoms with van der Waals surface area (Å²) in [6, 6.07) is 14.4. The van der Waals surface area contributed by atoms with Crippen molar-refractivity contribution in [3.63, 3.8) is 0 Å². The Labute approximate surface area is 125 Å². The summed E-state index contributed by atoms with van der Waals surface area (Å²) in [5.41, 5.74) is 7.93. The zero-order valence-corrected chi connectivity index (χ0v) is 12.6. The first kappa shape index (κ1) is 15.5. The van der Waals surface area contributed by atoms with Crippen LogP contribution in [-0.4, -0.2) is 6.61 Å². The molecule has 0 saturated heterocycles. The van der Waals surface area contributed by atoms with Gasteiger partial charge in [0.25, 0.3) is 0 Å². The van der Waals surface area contributed by atoms with E-state index in [1.54, 1.807) is 6.07 Å². The van der Waals surface area contributed by atoms with E-state index in [9.17, 15) is 4.39 Å². The number of halogens is 1. The molecule has 21 heavy (non-hydrogen) atoms. The van der Waals surface area contributed by atoms with Gasteiger partial charge in [-0.15, -0.1) is 0 Å². The van der Waals surface area contributed by atoms with Crippen LogP contribution >= 0.6 is 0 Å². The topological polar surface area (TPSA) is 35.2 Å². The number of rotatable bonds is 6. The molecule has 2 atom stereocenters. The minimum atomic E-state index is -0.335. The Morgan fingerprint density at radius 3 is 2.43 bits per heavy atom. The van der Waals surface area contributed by atoms with E-state index in [0.29, 0.717) is 18.2 Å². The molecule has 0 saturated carbocycles. The maximum absolute atomic E-state index is 13.6. The molecule has 2 N–H and O–H groups in total. The predicted molar refractivity (Wildman–Crippen MR) is 84.5 cm³/mol. The van der Waals surface area contributed by atoms with Crippen LogP contribution in [0.15, 0.2) is 48.5 Å². The molecule has 2 aromatic rings. The zero-order valence-electron chi connectivity index (χ0n) is 12.6. The van der Waals surface area contributed by atoms with Crippen molar-refractivity contribution in [2.75, 3.05) is 12.3 Å². The zero-order chi connectivity index (χ0) is 15.2. The second-order valence-electron chi connectivity index (χ2n) is 5.46. The molecular weight excluding hydrogens is 265 g/mol. The summed E-state index contributed by atoms with van der Waals surface area (Å²) in [4.78, 5) is 0. The molecule has 0 fully saturated rings. The number of ether oxygens (including phenoxy) is 1. The molecule has 2 unspecified atom stereocenters. The largest absolute Gasteiger partial charge is 0.399 e. The molecule has 0 spiro atoms. The number of hydrogen-bond acceptors (Lipinski definition) is 2. The van der Waals surface area contributed by atoms with Crippen LogP contribution in [0.4, 0.5) is 10.1 Å². The van der Waals surface area contributed by atoms with E-state index in [4.69, 9.17) is 10.5 Å². The predicted octanol–water partition coefficient (Wildman–Crippen LogP) is 4.56. The van der Waals surface area contributed by atoms with Crippen LogP contribution < -0.4 is 5.73 Å². The van der Waals surface area contributed by atoms with E-state index in [1.807, 2.05) is 30.3 Å². The van der Waals surface area contributed by atoms with Gasteiger partial charge in [0, 0.05) is 5.69 Å². The van der Waals surface area contributed by atoms with E-state index in [0.717, 1.165) is 17.5 Å². The fourth-order valence-electron chi connectivity index (χ4n) is 2.18. The Morgan fingerprint density at radius 1 is 1.10 bits per heavy atom. The first-order valence-electron chi connectivity index (χ1n) is 7.32. The van der Waals surface area contributed by atoms with Gasteiger partial charge in [-0.1, -0.05) is 50.6 Å². The third-order valence-corrected chi connectivity index (χ3v) is 3.59. The minimum Gasteiger partial charge on any atom is -0.399 e. The van der Waals surface area contributed by atoms with Gasteiger partial charge in [-0.25, -0.2) is 4.39 Å². The highest BCUT2D eigenvalue weighted by atomic mass is 19.1. The van der Waals surface area contributed by atoms with Gasteiger partial charge in [0.1, 0.15) is 11.9 Å². The standard InChI is InChI=1S/C18H22FNO/c1-3-13(2)12-21-18(14-7-5-4-6-8-14)15-9-16(19)11-17(20)10-15/h4-11,13,18H,3,12,20H2,1-2H3. The average Bonchev–Trinajstić information content (AvgIpc) is 2.47. The van der Waals surface area contributed by atoms with Gasteiger partial charge in [0.05, 0.1) is 6.61 Å². The number of nitrogens with two attached hydrogens (primary N) is 1. The van der Waals surface area contributed by atoms with Gasteiger partial charge in [-0.05, 0) is 35.2 Å². The Bertz CT molecular complexity index is 550. The monoisotopic (exact) mass is 287 g/mol. The van der Waals surface area contributed by atoms with Crippen molar-refractivity contribution >= 4 is 5.69 Å². The van der Waals surface area contributed by atoms with Crippen molar-refractivity contribution in [3.8, 4) is 0 Å². The van der Waals surface area contributed by atoms with Crippen LogP contribution in [0.25, 0.3) is 0 Å². The lowest BCUT2D eigenvalue weighted by atomic mass is 10.0. The van der Waals surface area contributed by atoms with E-state index < -0.39 is 0 Å². The smallest absolute Gasteiger partial charge is 0.125 e. The van der Waals surface area contributed by atoms with Crippen LogP contribution in [0.3, 0.4) is 0 Å². The van der Waals surface area contributed by atoms with Crippen molar-refractivity contribution in [2.45, 2.75) is 26.4 Å². The minimum absolute atomic E-state index is 0.293. The van der Waals surface area contributed by atoms with Crippen LogP contribution in [0.2, 0.25) is 0 Å². The molecular formula is C18H22FNO. The summed E-state index contributed by atoms with van der Waals surface area (Å²) < 4.78 is 19.7. The van der Waals surface area contributed by atoms with Gasteiger partial charge in [-0.2, -0.15) is 0 Å². The van der Waals surface area contributed by atoms with Gasteiger partial charge in [0.15, 0.2) is 0 Å². The Morgan fingerprint density at radius 2 is 1.81 bits per heavy atom. The molecule has 0 aliphatic rings. The molecule has 0 aliphatic carbocycles. The quantitative estimate of drug-likeness (QED) is 0.790. The summed E-state index contributed by atoms with van der Waals surface area (Å²) in [6.07, 6.45) is 0.755. The molecule has 2 rings (SSSR count). The molecule has 0 heterocycles. The summed E-state index contributed by atoms with van der Waals surface area (Å²) in [5.74, 6) is 0.125. The van der Waals surface area contributed by atoms with Gasteiger partial charge in [-0.3, -0.25) is 0 Å². The molecule has 2 nitrogen and oxygen atoms in total. The summed E-state index contributed by atoms with van der Waals surface area (Å²) >= 11 is 0. The fraction of sp³-hybridized carbons (Fsp3) is 0.333. The van der Waals surface area contributed by atoms with E-state index in [1.165, 1.54) is 12.1 Å². The Balaban J connectivity index is 2.31. The van der Waals surface area contributed by atoms with Gasteiger partial charge >= 0.3 is 0 Å². The summed E-state index contributed by atoms with van der Waals surface area (Å²) in [7, 11) is 0. The Hall–Kier alpha value is -1.87. The van der Waals surface area contributed by atoms with Crippen LogP contribution in [-0.2, 0) is 4.74 Å². The van der Waals surface area contributed by atoms with Crippen molar-refractivity contribution in [1.82, 2.24) is 0 Å². The molecule has 0 aromatic heterocycles. The Kier molecular flexibility index (Phi) is 5.34. The number of anilines is 1. The first-order valence-corrected chi connectivity index (χ1v) is 7.32. The maximum Gasteiger partial charge on any atom is 0.125 e. The van der Waals surface area contributed by atoms with Crippen molar-refractivity contribution in [2.24, 2.45) is 5.92 Å². The van der Waals surface area contributed by atoms with E-state index in [2.05, 4.69) is 13.8 Å². The highest BCUT2D eigenvalue weighted by Crippen LogP contribution is 2.28. The van der Waals surface area contributed by atoms with Crippen molar-refractivity contribution in [1.29, 1.82) is 0 Å². The summed E-state index contributed by atoms with van der Waals surface area (Å²) in [5, 5.41) is 0. The van der Waals surface area contributed by atoms with Gasteiger partial charge in [0.2, 0.25) is 0 Å². The SMILES string of the molecule is CCC(C)COC(c1ccccc1)c1cc(N)cc(F)c1. The molecule has 0 radical (unpaired) electrons. The van der Waals surface area contributed by atoms with Crippen LogP contribution in [0, 0.1) is 11.7 Å². The number of nitrogen functional groups attached to an aromatic ring is 1. The highest BCUT2D eigenvalue weighted by Gasteiger charge is 2.17. The molecule has 0 amide bonds. The highest BCUT2D eigenvalue weighted by molar-refractivity contribution is 5.44. The van der Waals surface area contributed by atoms with Crippen molar-refractivity contribution in [3.05, 3.63) is 65.5 Å². The lowest BCUT2D eigenvalue weighted by Gasteiger charge is -2.21. The maximum atomic E-state index is 13.6. The first-order chi connectivity index (χ1) is 10.1. The number of benzene rings is 2. The summed E-state index contributed by atoms with van der Waals surface area (Å²) in [6.45, 7) is 4.90. The third-order valence-electron chi connectivity index (χ3n) is 3.59. The van der Waals surface area contributed by atoms with E-state index >= 15 is 0 Å². The lowest BCUT2D eigenvalue weighted by molar-refractivity contribution is 0.0551. The van der Waals surface area contributed by atoms with Gasteiger partial charge < -0.3 is 10.5 Å². The van der Waals surface area contributed by atoms with Crippen LogP contribution in [0.5, 0.6) is 0 Å². The molecule has 112 valence electrons. The third kappa shape index (κ3) is 4.30.